The molecule has 0 aromatic heterocycles. The van der Waals surface area contributed by atoms with Gasteiger partial charge in [-0.3, -0.25) is 9.59 Å². The zero-order chi connectivity index (χ0) is 15.5. The largest absolute Gasteiger partial charge is 0.494 e. The van der Waals surface area contributed by atoms with E-state index >= 15 is 0 Å². The second kappa shape index (κ2) is 9.80. The molecule has 0 heterocycles. The zero-order valence-electron chi connectivity index (χ0n) is 12.5. The Kier molecular flexibility index (Phi) is 7.94. The molecule has 0 saturated carbocycles. The van der Waals surface area contributed by atoms with E-state index in [2.05, 4.69) is 5.32 Å². The van der Waals surface area contributed by atoms with Crippen LogP contribution >= 0.6 is 0 Å². The highest BCUT2D eigenvalue weighted by Crippen LogP contribution is 2.10. The topological polar surface area (TPSA) is 81.4 Å². The van der Waals surface area contributed by atoms with E-state index in [4.69, 9.17) is 10.5 Å². The number of para-hydroxylation sites is 1. The minimum atomic E-state index is -0.298. The molecule has 0 spiro atoms. The smallest absolute Gasteiger partial charge is 0.222 e. The van der Waals surface area contributed by atoms with Gasteiger partial charge in [-0.05, 0) is 31.4 Å². The van der Waals surface area contributed by atoms with Crippen LogP contribution in [0.5, 0.6) is 5.75 Å². The standard InChI is InChI=1S/C16H24N2O3/c1-13(10-12-21-14-7-3-2-4-8-14)16(20)18-11-6-5-9-15(17)19/h2-4,7-8,13H,5-6,9-12H2,1H3,(H2,17,19)(H,18,20)/t13-/m1/s1. The lowest BCUT2D eigenvalue weighted by Crippen LogP contribution is -2.31. The van der Waals surface area contributed by atoms with E-state index in [0.717, 1.165) is 12.2 Å². The Bertz CT molecular complexity index is 434. The minimum Gasteiger partial charge on any atom is -0.494 e. The van der Waals surface area contributed by atoms with Gasteiger partial charge in [0.1, 0.15) is 5.75 Å². The number of unbranched alkanes of at least 4 members (excludes halogenated alkanes) is 1. The van der Waals surface area contributed by atoms with Gasteiger partial charge >= 0.3 is 0 Å². The van der Waals surface area contributed by atoms with Crippen LogP contribution in [0, 0.1) is 5.92 Å². The van der Waals surface area contributed by atoms with E-state index in [9.17, 15) is 9.59 Å². The maximum atomic E-state index is 11.8. The number of carbonyl (C=O) groups excluding carboxylic acids is 2. The molecule has 116 valence electrons. The highest BCUT2D eigenvalue weighted by Gasteiger charge is 2.12. The quantitative estimate of drug-likeness (QED) is 0.646. The first-order chi connectivity index (χ1) is 10.1. The normalized spacial score (nSPS) is 11.7. The molecule has 5 heteroatoms. The minimum absolute atomic E-state index is 0.0192. The third kappa shape index (κ3) is 7.97. The summed E-state index contributed by atoms with van der Waals surface area (Å²) in [6, 6.07) is 9.54. The highest BCUT2D eigenvalue weighted by molar-refractivity contribution is 5.78. The molecule has 0 aliphatic rings. The Balaban J connectivity index is 2.09. The highest BCUT2D eigenvalue weighted by atomic mass is 16.5. The van der Waals surface area contributed by atoms with Crippen molar-refractivity contribution in [3.05, 3.63) is 30.3 Å². The lowest BCUT2D eigenvalue weighted by Gasteiger charge is -2.12. The second-order valence-corrected chi connectivity index (χ2v) is 5.07. The molecule has 5 nitrogen and oxygen atoms in total. The predicted octanol–water partition coefficient (Wildman–Crippen LogP) is 1.86. The summed E-state index contributed by atoms with van der Waals surface area (Å²) in [5, 5.41) is 2.86. The maximum absolute atomic E-state index is 11.8. The molecule has 0 saturated heterocycles. The van der Waals surface area contributed by atoms with Crippen LogP contribution in [0.4, 0.5) is 0 Å². The average molecular weight is 292 g/mol. The molecule has 2 amide bonds. The van der Waals surface area contributed by atoms with Crippen molar-refractivity contribution in [1.82, 2.24) is 5.32 Å². The molecule has 21 heavy (non-hydrogen) atoms. The summed E-state index contributed by atoms with van der Waals surface area (Å²) in [5.41, 5.74) is 5.05. The van der Waals surface area contributed by atoms with Crippen molar-refractivity contribution >= 4 is 11.8 Å². The van der Waals surface area contributed by atoms with E-state index in [0.29, 0.717) is 32.4 Å². The first kappa shape index (κ1) is 17.0. The molecular formula is C16H24N2O3. The van der Waals surface area contributed by atoms with Crippen molar-refractivity contribution in [3.8, 4) is 5.75 Å². The van der Waals surface area contributed by atoms with E-state index < -0.39 is 0 Å². The molecular weight excluding hydrogens is 268 g/mol. The molecule has 0 radical (unpaired) electrons. The predicted molar refractivity (Wildman–Crippen MR) is 81.8 cm³/mol. The number of benzene rings is 1. The SMILES string of the molecule is C[C@H](CCOc1ccccc1)C(=O)NCCCCC(N)=O. The van der Waals surface area contributed by atoms with Gasteiger partial charge in [0.05, 0.1) is 6.61 Å². The van der Waals surface area contributed by atoms with Gasteiger partial charge in [0.15, 0.2) is 0 Å². The van der Waals surface area contributed by atoms with Crippen molar-refractivity contribution in [1.29, 1.82) is 0 Å². The van der Waals surface area contributed by atoms with Crippen LogP contribution in [0.25, 0.3) is 0 Å². The number of nitrogens with one attached hydrogen (secondary N) is 1. The molecule has 0 bridgehead atoms. The second-order valence-electron chi connectivity index (χ2n) is 5.07. The Labute approximate surface area is 125 Å². The number of primary amides is 1. The summed E-state index contributed by atoms with van der Waals surface area (Å²) in [7, 11) is 0. The van der Waals surface area contributed by atoms with Crippen LogP contribution in [-0.4, -0.2) is 25.0 Å². The Morgan fingerprint density at radius 2 is 1.95 bits per heavy atom. The van der Waals surface area contributed by atoms with Crippen LogP contribution in [-0.2, 0) is 9.59 Å². The number of nitrogens with two attached hydrogens (primary N) is 1. The molecule has 3 N–H and O–H groups in total. The molecule has 1 rings (SSSR count). The van der Waals surface area contributed by atoms with Crippen LogP contribution in [0.2, 0.25) is 0 Å². The van der Waals surface area contributed by atoms with Crippen LogP contribution in [0.3, 0.4) is 0 Å². The Morgan fingerprint density at radius 3 is 2.62 bits per heavy atom. The van der Waals surface area contributed by atoms with Crippen molar-refractivity contribution in [2.75, 3.05) is 13.2 Å². The number of hydrogen-bond donors (Lipinski definition) is 2. The third-order valence-corrected chi connectivity index (χ3v) is 3.16. The Hall–Kier alpha value is -2.04. The average Bonchev–Trinajstić information content (AvgIpc) is 2.47. The summed E-state index contributed by atoms with van der Waals surface area (Å²) in [6.07, 6.45) is 2.52. The first-order valence-electron chi connectivity index (χ1n) is 7.33. The molecule has 0 fully saturated rings. The lowest BCUT2D eigenvalue weighted by atomic mass is 10.1. The van der Waals surface area contributed by atoms with Gasteiger partial charge in [0.25, 0.3) is 0 Å². The summed E-state index contributed by atoms with van der Waals surface area (Å²) in [4.78, 5) is 22.4. The number of amides is 2. The summed E-state index contributed by atoms with van der Waals surface area (Å²) < 4.78 is 5.56. The number of rotatable bonds is 10. The van der Waals surface area contributed by atoms with Gasteiger partial charge in [-0.15, -0.1) is 0 Å². The number of hydrogen-bond acceptors (Lipinski definition) is 3. The van der Waals surface area contributed by atoms with E-state index in [-0.39, 0.29) is 17.7 Å². The van der Waals surface area contributed by atoms with E-state index in [1.54, 1.807) is 0 Å². The Morgan fingerprint density at radius 1 is 1.24 bits per heavy atom. The molecule has 1 aromatic carbocycles. The first-order valence-corrected chi connectivity index (χ1v) is 7.33. The van der Waals surface area contributed by atoms with Crippen LogP contribution in [0.1, 0.15) is 32.6 Å². The summed E-state index contributed by atoms with van der Waals surface area (Å²) >= 11 is 0. The lowest BCUT2D eigenvalue weighted by molar-refractivity contribution is -0.124. The van der Waals surface area contributed by atoms with Crippen LogP contribution < -0.4 is 15.8 Å². The number of carbonyl (C=O) groups is 2. The van der Waals surface area contributed by atoms with Gasteiger partial charge in [-0.2, -0.15) is 0 Å². The fourth-order valence-electron chi connectivity index (χ4n) is 1.81. The monoisotopic (exact) mass is 292 g/mol. The molecule has 0 aliphatic heterocycles. The van der Waals surface area contributed by atoms with Gasteiger partial charge in [-0.25, -0.2) is 0 Å². The van der Waals surface area contributed by atoms with Crippen molar-refractivity contribution in [2.45, 2.75) is 32.6 Å². The summed E-state index contributed by atoms with van der Waals surface area (Å²) in [5.74, 6) is 0.444. The fraction of sp³-hybridized carbons (Fsp3) is 0.500. The van der Waals surface area contributed by atoms with Crippen molar-refractivity contribution < 1.29 is 14.3 Å². The molecule has 1 atom stereocenters. The van der Waals surface area contributed by atoms with Gasteiger partial charge in [0, 0.05) is 18.9 Å². The zero-order valence-corrected chi connectivity index (χ0v) is 12.5. The van der Waals surface area contributed by atoms with Crippen molar-refractivity contribution in [2.24, 2.45) is 11.7 Å². The fourth-order valence-corrected chi connectivity index (χ4v) is 1.81. The number of ether oxygens (including phenoxy) is 1. The summed E-state index contributed by atoms with van der Waals surface area (Å²) in [6.45, 7) is 2.98. The molecule has 0 aliphatic carbocycles. The van der Waals surface area contributed by atoms with E-state index in [1.165, 1.54) is 0 Å². The van der Waals surface area contributed by atoms with Gasteiger partial charge < -0.3 is 15.8 Å². The van der Waals surface area contributed by atoms with E-state index in [1.807, 2.05) is 37.3 Å². The molecule has 0 unspecified atom stereocenters. The third-order valence-electron chi connectivity index (χ3n) is 3.16. The van der Waals surface area contributed by atoms with Crippen LogP contribution in [0.15, 0.2) is 30.3 Å². The molecule has 1 aromatic rings. The van der Waals surface area contributed by atoms with Gasteiger partial charge in [-0.1, -0.05) is 25.1 Å². The maximum Gasteiger partial charge on any atom is 0.222 e. The van der Waals surface area contributed by atoms with Crippen molar-refractivity contribution in [3.63, 3.8) is 0 Å². The van der Waals surface area contributed by atoms with Gasteiger partial charge in [0.2, 0.25) is 11.8 Å².